The predicted octanol–water partition coefficient (Wildman–Crippen LogP) is 3.98. The van der Waals surface area contributed by atoms with Crippen molar-refractivity contribution >= 4 is 23.4 Å². The van der Waals surface area contributed by atoms with Crippen molar-refractivity contribution in [2.45, 2.75) is 13.8 Å². The molecule has 2 aromatic heterocycles. The Morgan fingerprint density at radius 2 is 1.90 bits per heavy atom. The maximum absolute atomic E-state index is 14.1. The van der Waals surface area contributed by atoms with Gasteiger partial charge in [-0.1, -0.05) is 0 Å². The molecule has 1 aromatic carbocycles. The number of aromatic amines is 1. The first kappa shape index (κ1) is 12.9. The van der Waals surface area contributed by atoms with Gasteiger partial charge in [-0.05, 0) is 49.3 Å². The summed E-state index contributed by atoms with van der Waals surface area (Å²) in [5, 5.41) is 0. The second kappa shape index (κ2) is 4.49. The van der Waals surface area contributed by atoms with Crippen molar-refractivity contribution in [3.05, 3.63) is 51.9 Å². The van der Waals surface area contributed by atoms with Gasteiger partial charge in [0.05, 0.1) is 11.2 Å². The summed E-state index contributed by atoms with van der Waals surface area (Å²) in [4.78, 5) is 7.20. The number of fused-ring (bicyclic) bond motifs is 1. The topological polar surface area (TPSA) is 33.6 Å². The largest absolute Gasteiger partial charge is 0.329 e. The van der Waals surface area contributed by atoms with E-state index in [1.54, 1.807) is 6.20 Å². The Kier molecular flexibility index (Phi) is 2.90. The zero-order valence-electron chi connectivity index (χ0n) is 10.9. The number of pyridine rings is 1. The smallest absolute Gasteiger partial charge is 0.184 e. The van der Waals surface area contributed by atoms with E-state index in [0.717, 1.165) is 17.7 Å². The molecule has 0 radical (unpaired) electrons. The van der Waals surface area contributed by atoms with Gasteiger partial charge in [0, 0.05) is 12.3 Å². The molecule has 0 saturated heterocycles. The molecular formula is C14H11F2N3S. The van der Waals surface area contributed by atoms with E-state index in [1.165, 1.54) is 11.5 Å². The fourth-order valence-corrected chi connectivity index (χ4v) is 2.42. The lowest BCUT2D eigenvalue weighted by molar-refractivity contribution is 0.586. The van der Waals surface area contributed by atoms with Gasteiger partial charge in [0.25, 0.3) is 0 Å². The van der Waals surface area contributed by atoms with Crippen LogP contribution in [-0.2, 0) is 0 Å². The molecule has 0 amide bonds. The summed E-state index contributed by atoms with van der Waals surface area (Å²) < 4.78 is 29.5. The Hall–Kier alpha value is -2.08. The summed E-state index contributed by atoms with van der Waals surface area (Å²) >= 11 is 5.19. The third-order valence-electron chi connectivity index (χ3n) is 3.13. The standard InChI is InChI=1S/C14H11F2N3S/c1-7-3-11-13(17-6-7)19(14(20)18-11)12-5-9(15)8(2)4-10(12)16/h3-6H,1-2H3,(H,18,20). The van der Waals surface area contributed by atoms with Crippen molar-refractivity contribution in [1.29, 1.82) is 0 Å². The van der Waals surface area contributed by atoms with Crippen LogP contribution < -0.4 is 0 Å². The van der Waals surface area contributed by atoms with Crippen molar-refractivity contribution in [1.82, 2.24) is 14.5 Å². The number of hydrogen-bond acceptors (Lipinski definition) is 2. The summed E-state index contributed by atoms with van der Waals surface area (Å²) in [5.74, 6) is -1.02. The van der Waals surface area contributed by atoms with Gasteiger partial charge in [-0.3, -0.25) is 4.57 Å². The SMILES string of the molecule is Cc1cnc2c(c1)[nH]c(=S)n2-c1cc(F)c(C)cc1F. The first-order chi connectivity index (χ1) is 9.47. The molecule has 0 aliphatic carbocycles. The van der Waals surface area contributed by atoms with E-state index < -0.39 is 11.6 Å². The number of rotatable bonds is 1. The van der Waals surface area contributed by atoms with E-state index in [9.17, 15) is 8.78 Å². The monoisotopic (exact) mass is 291 g/mol. The molecule has 3 nitrogen and oxygen atoms in total. The molecule has 6 heteroatoms. The van der Waals surface area contributed by atoms with Crippen LogP contribution in [-0.4, -0.2) is 14.5 Å². The summed E-state index contributed by atoms with van der Waals surface area (Å²) in [6, 6.07) is 4.14. The van der Waals surface area contributed by atoms with E-state index in [1.807, 2.05) is 13.0 Å². The lowest BCUT2D eigenvalue weighted by atomic mass is 10.2. The van der Waals surface area contributed by atoms with E-state index >= 15 is 0 Å². The normalized spacial score (nSPS) is 11.2. The van der Waals surface area contributed by atoms with Crippen LogP contribution in [0.25, 0.3) is 16.9 Å². The maximum Gasteiger partial charge on any atom is 0.184 e. The van der Waals surface area contributed by atoms with Crippen LogP contribution in [0.1, 0.15) is 11.1 Å². The molecule has 0 bridgehead atoms. The fraction of sp³-hybridized carbons (Fsp3) is 0.143. The minimum atomic E-state index is -0.539. The number of H-pyrrole nitrogens is 1. The number of imidazole rings is 1. The van der Waals surface area contributed by atoms with Gasteiger partial charge >= 0.3 is 0 Å². The van der Waals surface area contributed by atoms with Crippen molar-refractivity contribution in [2.24, 2.45) is 0 Å². The molecule has 0 aliphatic rings. The van der Waals surface area contributed by atoms with E-state index in [4.69, 9.17) is 12.2 Å². The predicted molar refractivity (Wildman–Crippen MR) is 75.6 cm³/mol. The molecule has 0 saturated carbocycles. The minimum absolute atomic E-state index is 0.0562. The third kappa shape index (κ3) is 1.92. The highest BCUT2D eigenvalue weighted by Crippen LogP contribution is 2.23. The van der Waals surface area contributed by atoms with Gasteiger partial charge in [-0.25, -0.2) is 13.8 Å². The van der Waals surface area contributed by atoms with Gasteiger partial charge in [0.1, 0.15) is 11.6 Å². The number of nitrogens with one attached hydrogen (secondary N) is 1. The molecule has 1 N–H and O–H groups in total. The van der Waals surface area contributed by atoms with E-state index in [0.29, 0.717) is 11.2 Å². The molecule has 0 spiro atoms. The van der Waals surface area contributed by atoms with Crippen molar-refractivity contribution in [3.8, 4) is 5.69 Å². The van der Waals surface area contributed by atoms with Gasteiger partial charge in [-0.15, -0.1) is 0 Å². The quantitative estimate of drug-likeness (QED) is 0.688. The van der Waals surface area contributed by atoms with Crippen LogP contribution in [0.15, 0.2) is 24.4 Å². The van der Waals surface area contributed by atoms with Gasteiger partial charge < -0.3 is 4.98 Å². The van der Waals surface area contributed by atoms with Crippen LogP contribution >= 0.6 is 12.2 Å². The van der Waals surface area contributed by atoms with Crippen molar-refractivity contribution in [3.63, 3.8) is 0 Å². The van der Waals surface area contributed by atoms with Crippen LogP contribution in [0.4, 0.5) is 8.78 Å². The first-order valence-corrected chi connectivity index (χ1v) is 6.41. The lowest BCUT2D eigenvalue weighted by Gasteiger charge is -2.07. The molecule has 102 valence electrons. The molecule has 2 heterocycles. The summed E-state index contributed by atoms with van der Waals surface area (Å²) in [5.41, 5.74) is 2.43. The lowest BCUT2D eigenvalue weighted by Crippen LogP contribution is -2.01. The van der Waals surface area contributed by atoms with Crippen molar-refractivity contribution in [2.75, 3.05) is 0 Å². The molecule has 3 aromatic rings. The minimum Gasteiger partial charge on any atom is -0.329 e. The highest BCUT2D eigenvalue weighted by atomic mass is 32.1. The second-order valence-corrected chi connectivity index (χ2v) is 5.09. The fourth-order valence-electron chi connectivity index (χ4n) is 2.13. The zero-order chi connectivity index (χ0) is 14.4. The van der Waals surface area contributed by atoms with Crippen LogP contribution in [0, 0.1) is 30.3 Å². The zero-order valence-corrected chi connectivity index (χ0v) is 11.7. The van der Waals surface area contributed by atoms with Gasteiger partial charge in [0.15, 0.2) is 10.4 Å². The molecule has 3 rings (SSSR count). The number of halogens is 2. The Bertz CT molecular complexity index is 880. The summed E-state index contributed by atoms with van der Waals surface area (Å²) in [6.07, 6.45) is 1.66. The number of nitrogens with zero attached hydrogens (tertiary/aromatic N) is 2. The van der Waals surface area contributed by atoms with Crippen LogP contribution in [0.2, 0.25) is 0 Å². The molecule has 0 atom stereocenters. The highest BCUT2D eigenvalue weighted by Gasteiger charge is 2.14. The van der Waals surface area contributed by atoms with E-state index in [2.05, 4.69) is 9.97 Å². The molecule has 0 fully saturated rings. The van der Waals surface area contributed by atoms with Crippen molar-refractivity contribution < 1.29 is 8.78 Å². The Balaban J connectivity index is 2.38. The molecule has 0 aliphatic heterocycles. The maximum atomic E-state index is 14.1. The number of aromatic nitrogens is 3. The molecule has 0 unspecified atom stereocenters. The average molecular weight is 291 g/mol. The van der Waals surface area contributed by atoms with E-state index in [-0.39, 0.29) is 16.0 Å². The second-order valence-electron chi connectivity index (χ2n) is 4.70. The van der Waals surface area contributed by atoms with Gasteiger partial charge in [-0.2, -0.15) is 0 Å². The Morgan fingerprint density at radius 3 is 2.65 bits per heavy atom. The molecular weight excluding hydrogens is 280 g/mol. The highest BCUT2D eigenvalue weighted by molar-refractivity contribution is 7.71. The number of hydrogen-bond donors (Lipinski definition) is 1. The summed E-state index contributed by atoms with van der Waals surface area (Å²) in [7, 11) is 0. The number of benzene rings is 1. The Morgan fingerprint density at radius 1 is 1.15 bits per heavy atom. The van der Waals surface area contributed by atoms with Crippen LogP contribution in [0.5, 0.6) is 0 Å². The third-order valence-corrected chi connectivity index (χ3v) is 3.41. The first-order valence-electron chi connectivity index (χ1n) is 6.01. The molecule has 20 heavy (non-hydrogen) atoms. The van der Waals surface area contributed by atoms with Crippen LogP contribution in [0.3, 0.4) is 0 Å². The van der Waals surface area contributed by atoms with Gasteiger partial charge in [0.2, 0.25) is 0 Å². The Labute approximate surface area is 118 Å². The summed E-state index contributed by atoms with van der Waals surface area (Å²) in [6.45, 7) is 3.41. The average Bonchev–Trinajstić information content (AvgIpc) is 2.69. The number of aryl methyl sites for hydroxylation is 2.